The van der Waals surface area contributed by atoms with Crippen molar-refractivity contribution in [3.05, 3.63) is 176 Å². The highest BCUT2D eigenvalue weighted by Gasteiger charge is 2.24. The molecule has 0 radical (unpaired) electrons. The number of para-hydroxylation sites is 2. The van der Waals surface area contributed by atoms with E-state index in [2.05, 4.69) is 168 Å². The highest BCUT2D eigenvalue weighted by molar-refractivity contribution is 6.33. The van der Waals surface area contributed by atoms with Gasteiger partial charge in [-0.3, -0.25) is 4.57 Å². The molecule has 0 bridgehead atoms. The van der Waals surface area contributed by atoms with Crippen LogP contribution < -0.4 is 0 Å². The zero-order chi connectivity index (χ0) is 35.3. The lowest BCUT2D eigenvalue weighted by Crippen LogP contribution is -2.05. The minimum Gasteiger partial charge on any atom is -0.456 e. The average Bonchev–Trinajstić information content (AvgIpc) is 3.80. The summed E-state index contributed by atoms with van der Waals surface area (Å²) in [6, 6.07) is 62.4. The van der Waals surface area contributed by atoms with Crippen LogP contribution in [0, 0.1) is 0 Å². The minimum atomic E-state index is 0.635. The predicted octanol–water partition coefficient (Wildman–Crippen LogP) is 13.4. The second-order valence-electron chi connectivity index (χ2n) is 14.1. The Morgan fingerprint density at radius 3 is 1.89 bits per heavy atom. The Balaban J connectivity index is 1.30. The average molecular weight is 688 g/mol. The fraction of sp³-hybridized carbons (Fsp3) is 0. The third kappa shape index (κ3) is 4.08. The number of rotatable bonds is 3. The van der Waals surface area contributed by atoms with Crippen LogP contribution in [0.1, 0.15) is 0 Å². The molecule has 0 aliphatic heterocycles. The summed E-state index contributed by atoms with van der Waals surface area (Å²) in [5.41, 5.74) is 8.94. The van der Waals surface area contributed by atoms with E-state index in [-0.39, 0.29) is 0 Å². The second kappa shape index (κ2) is 11.1. The van der Waals surface area contributed by atoms with Crippen LogP contribution in [-0.2, 0) is 0 Å². The minimum absolute atomic E-state index is 0.635. The van der Waals surface area contributed by atoms with Gasteiger partial charge in [-0.2, -0.15) is 0 Å². The van der Waals surface area contributed by atoms with Crippen molar-refractivity contribution in [3.63, 3.8) is 0 Å². The molecular formula is C50H29N3O. The topological polar surface area (TPSA) is 43.9 Å². The first kappa shape index (κ1) is 29.3. The fourth-order valence-electron chi connectivity index (χ4n) is 8.82. The van der Waals surface area contributed by atoms with Gasteiger partial charge in [0.1, 0.15) is 11.2 Å². The van der Waals surface area contributed by atoms with Gasteiger partial charge in [0.2, 0.25) is 5.95 Å². The molecular weight excluding hydrogens is 659 g/mol. The molecule has 250 valence electrons. The fourth-order valence-corrected chi connectivity index (χ4v) is 8.82. The van der Waals surface area contributed by atoms with Gasteiger partial charge in [0.25, 0.3) is 0 Å². The number of fused-ring (bicyclic) bond motifs is 14. The summed E-state index contributed by atoms with van der Waals surface area (Å²) in [6.45, 7) is 0. The summed E-state index contributed by atoms with van der Waals surface area (Å²) in [6.07, 6.45) is 0. The molecule has 0 saturated carbocycles. The maximum atomic E-state index is 6.44. The lowest BCUT2D eigenvalue weighted by molar-refractivity contribution is 0.669. The largest absolute Gasteiger partial charge is 0.456 e. The van der Waals surface area contributed by atoms with Crippen molar-refractivity contribution in [2.75, 3.05) is 0 Å². The molecule has 3 heterocycles. The number of furan rings is 1. The molecule has 0 atom stereocenters. The monoisotopic (exact) mass is 687 g/mol. The number of hydrogen-bond acceptors (Lipinski definition) is 3. The molecule has 4 heteroatoms. The summed E-state index contributed by atoms with van der Waals surface area (Å²) >= 11 is 0. The van der Waals surface area contributed by atoms with E-state index in [9.17, 15) is 0 Å². The summed E-state index contributed by atoms with van der Waals surface area (Å²) in [5.74, 6) is 0.635. The number of nitrogens with zero attached hydrogens (tertiary/aromatic N) is 3. The van der Waals surface area contributed by atoms with Gasteiger partial charge < -0.3 is 4.42 Å². The highest BCUT2D eigenvalue weighted by atomic mass is 16.3. The number of aromatic nitrogens is 3. The van der Waals surface area contributed by atoms with Crippen molar-refractivity contribution < 1.29 is 4.42 Å². The molecule has 0 aliphatic rings. The molecule has 12 aromatic rings. The van der Waals surface area contributed by atoms with Gasteiger partial charge in [-0.25, -0.2) is 9.97 Å². The first-order chi connectivity index (χ1) is 26.8. The van der Waals surface area contributed by atoms with E-state index < -0.39 is 0 Å². The van der Waals surface area contributed by atoms with Crippen LogP contribution in [0.3, 0.4) is 0 Å². The van der Waals surface area contributed by atoms with Crippen molar-refractivity contribution in [2.24, 2.45) is 0 Å². The lowest BCUT2D eigenvalue weighted by Gasteiger charge is -2.15. The van der Waals surface area contributed by atoms with Crippen molar-refractivity contribution in [3.8, 4) is 28.3 Å². The van der Waals surface area contributed by atoms with Crippen LogP contribution in [0.5, 0.6) is 0 Å². The molecule has 0 unspecified atom stereocenters. The molecule has 0 N–H and O–H groups in total. The van der Waals surface area contributed by atoms with Crippen LogP contribution in [0.25, 0.3) is 115 Å². The van der Waals surface area contributed by atoms with Gasteiger partial charge in [0.15, 0.2) is 0 Å². The molecule has 9 aromatic carbocycles. The quantitative estimate of drug-likeness (QED) is 0.174. The molecule has 3 aromatic heterocycles. The maximum Gasteiger partial charge on any atom is 0.235 e. The third-order valence-corrected chi connectivity index (χ3v) is 11.2. The molecule has 0 saturated heterocycles. The normalized spacial score (nSPS) is 12.1. The summed E-state index contributed by atoms with van der Waals surface area (Å²) in [4.78, 5) is 11.1. The Kier molecular flexibility index (Phi) is 6.02. The molecule has 0 spiro atoms. The first-order valence-electron chi connectivity index (χ1n) is 18.3. The Bertz CT molecular complexity index is 3500. The SMILES string of the molecule is c1ccc(-c2nc(-n3c4c(-c5ccc6c(c5)oc5ccccc56)cccc4c4c5ccccc5c5ccccc5c43)nc3c2ccc2ccccc23)cc1. The number of hydrogen-bond donors (Lipinski definition) is 0. The van der Waals surface area contributed by atoms with E-state index in [4.69, 9.17) is 14.4 Å². The van der Waals surface area contributed by atoms with E-state index >= 15 is 0 Å². The summed E-state index contributed by atoms with van der Waals surface area (Å²) in [5, 5.41) is 12.6. The van der Waals surface area contributed by atoms with E-state index in [1.54, 1.807) is 0 Å². The van der Waals surface area contributed by atoms with Crippen LogP contribution in [0.15, 0.2) is 180 Å². The van der Waals surface area contributed by atoms with Gasteiger partial charge in [-0.05, 0) is 51.4 Å². The standard InChI is InChI=1S/C50H29N3O/c1-2-14-31(15-3-1)46-42-28-25-30-13-4-5-16-33(30)47(42)52-50(51-46)53-48-34(32-26-27-38-37-19-10-11-24-43(37)54-44(38)29-32)22-12-23-41(48)45-39-20-8-6-17-35(39)36-18-7-9-21-40(36)49(45)53/h1-29H. The van der Waals surface area contributed by atoms with Crippen LogP contribution in [0.2, 0.25) is 0 Å². The highest BCUT2D eigenvalue weighted by Crippen LogP contribution is 2.46. The van der Waals surface area contributed by atoms with Crippen molar-refractivity contribution >= 4 is 87.0 Å². The van der Waals surface area contributed by atoms with E-state index in [0.717, 1.165) is 87.8 Å². The van der Waals surface area contributed by atoms with E-state index in [1.165, 1.54) is 21.5 Å². The predicted molar refractivity (Wildman–Crippen MR) is 225 cm³/mol. The smallest absolute Gasteiger partial charge is 0.235 e. The Hall–Kier alpha value is -7.30. The first-order valence-corrected chi connectivity index (χ1v) is 18.3. The van der Waals surface area contributed by atoms with Gasteiger partial charge >= 0.3 is 0 Å². The molecule has 54 heavy (non-hydrogen) atoms. The maximum absolute atomic E-state index is 6.44. The number of benzene rings is 9. The molecule has 0 fully saturated rings. The van der Waals surface area contributed by atoms with E-state index in [1.807, 2.05) is 12.1 Å². The lowest BCUT2D eigenvalue weighted by atomic mass is 9.96. The Morgan fingerprint density at radius 2 is 1.04 bits per heavy atom. The van der Waals surface area contributed by atoms with E-state index in [0.29, 0.717) is 5.95 Å². The molecule has 12 rings (SSSR count). The summed E-state index contributed by atoms with van der Waals surface area (Å²) < 4.78 is 8.78. The molecule has 0 amide bonds. The van der Waals surface area contributed by atoms with Crippen LogP contribution >= 0.6 is 0 Å². The van der Waals surface area contributed by atoms with Crippen LogP contribution in [-0.4, -0.2) is 14.5 Å². The van der Waals surface area contributed by atoms with Gasteiger partial charge in [0.05, 0.1) is 22.2 Å². The van der Waals surface area contributed by atoms with Crippen molar-refractivity contribution in [2.45, 2.75) is 0 Å². The summed E-state index contributed by atoms with van der Waals surface area (Å²) in [7, 11) is 0. The second-order valence-corrected chi connectivity index (χ2v) is 14.1. The van der Waals surface area contributed by atoms with Gasteiger partial charge in [-0.15, -0.1) is 0 Å². The third-order valence-electron chi connectivity index (χ3n) is 11.2. The van der Waals surface area contributed by atoms with Crippen LogP contribution in [0.4, 0.5) is 0 Å². The Morgan fingerprint density at radius 1 is 0.389 bits per heavy atom. The van der Waals surface area contributed by atoms with Gasteiger partial charge in [-0.1, -0.05) is 152 Å². The molecule has 0 aliphatic carbocycles. The Labute approximate surface area is 309 Å². The zero-order valence-corrected chi connectivity index (χ0v) is 29.0. The molecule has 4 nitrogen and oxygen atoms in total. The van der Waals surface area contributed by atoms with Crippen molar-refractivity contribution in [1.82, 2.24) is 14.5 Å². The van der Waals surface area contributed by atoms with Crippen molar-refractivity contribution in [1.29, 1.82) is 0 Å². The van der Waals surface area contributed by atoms with Gasteiger partial charge in [0, 0.05) is 48.8 Å². The zero-order valence-electron chi connectivity index (χ0n) is 29.0.